The Bertz CT molecular complexity index is 855. The molecule has 3 nitrogen and oxygen atoms in total. The fourth-order valence-electron chi connectivity index (χ4n) is 3.63. The van der Waals surface area contributed by atoms with Crippen LogP contribution in [0.1, 0.15) is 38.2 Å². The first-order valence-corrected chi connectivity index (χ1v) is 8.03. The van der Waals surface area contributed by atoms with Gasteiger partial charge < -0.3 is 15.2 Å². The molecule has 0 fully saturated rings. The lowest BCUT2D eigenvalue weighted by molar-refractivity contribution is -0.0214. The van der Waals surface area contributed by atoms with Crippen LogP contribution in [0, 0.1) is 0 Å². The van der Waals surface area contributed by atoms with E-state index < -0.39 is 6.29 Å². The van der Waals surface area contributed by atoms with Crippen LogP contribution >= 0.6 is 11.6 Å². The third-order valence-electron chi connectivity index (χ3n) is 4.39. The molecule has 0 saturated carbocycles. The topological polar surface area (TPSA) is 41.5 Å². The number of benzene rings is 2. The van der Waals surface area contributed by atoms with Gasteiger partial charge in [-0.15, -0.1) is 0 Å². The highest BCUT2D eigenvalue weighted by Gasteiger charge is 2.32. The van der Waals surface area contributed by atoms with E-state index in [-0.39, 0.29) is 5.54 Å². The van der Waals surface area contributed by atoms with Crippen molar-refractivity contribution in [3.05, 3.63) is 52.6 Å². The Labute approximate surface area is 140 Å². The molecule has 0 amide bonds. The monoisotopic (exact) mass is 327 g/mol. The van der Waals surface area contributed by atoms with Crippen LogP contribution in [0.15, 0.2) is 36.4 Å². The number of nitrogens with one attached hydrogen (secondary N) is 1. The Morgan fingerprint density at radius 3 is 2.74 bits per heavy atom. The third-order valence-corrected chi connectivity index (χ3v) is 4.63. The van der Waals surface area contributed by atoms with Crippen molar-refractivity contribution in [2.24, 2.45) is 0 Å². The number of ether oxygens (including phenoxy) is 1. The van der Waals surface area contributed by atoms with Gasteiger partial charge in [0.25, 0.3) is 0 Å². The largest absolute Gasteiger partial charge is 0.460 e. The zero-order valence-corrected chi connectivity index (χ0v) is 14.0. The number of hydrogen-bond donors (Lipinski definition) is 2. The van der Waals surface area contributed by atoms with Crippen molar-refractivity contribution in [2.75, 3.05) is 5.32 Å². The first-order chi connectivity index (χ1) is 10.9. The van der Waals surface area contributed by atoms with Gasteiger partial charge in [0.15, 0.2) is 0 Å². The summed E-state index contributed by atoms with van der Waals surface area (Å²) in [7, 11) is 0. The number of aliphatic hydroxyl groups is 1. The molecule has 2 heterocycles. The smallest absolute Gasteiger partial charge is 0.225 e. The number of hydrogen-bond acceptors (Lipinski definition) is 3. The molecule has 4 rings (SSSR count). The quantitative estimate of drug-likeness (QED) is 0.715. The van der Waals surface area contributed by atoms with E-state index >= 15 is 0 Å². The molecule has 4 heteroatoms. The van der Waals surface area contributed by atoms with Crippen molar-refractivity contribution in [3.63, 3.8) is 0 Å². The van der Waals surface area contributed by atoms with Crippen molar-refractivity contribution in [1.82, 2.24) is 0 Å². The Kier molecular flexibility index (Phi) is 3.03. The van der Waals surface area contributed by atoms with E-state index in [4.69, 9.17) is 16.3 Å². The first-order valence-electron chi connectivity index (χ1n) is 7.65. The first kappa shape index (κ1) is 14.6. The maximum Gasteiger partial charge on any atom is 0.225 e. The van der Waals surface area contributed by atoms with Crippen LogP contribution in [-0.2, 0) is 0 Å². The minimum Gasteiger partial charge on any atom is -0.460 e. The number of halogens is 1. The van der Waals surface area contributed by atoms with Gasteiger partial charge in [0, 0.05) is 27.4 Å². The maximum atomic E-state index is 10.6. The van der Waals surface area contributed by atoms with E-state index in [9.17, 15) is 5.11 Å². The van der Waals surface area contributed by atoms with E-state index in [1.165, 1.54) is 0 Å². The summed E-state index contributed by atoms with van der Waals surface area (Å²) in [5, 5.41) is 14.7. The Balaban J connectivity index is 2.01. The lowest BCUT2D eigenvalue weighted by Crippen LogP contribution is -2.32. The highest BCUT2D eigenvalue weighted by atomic mass is 35.5. The van der Waals surface area contributed by atoms with Gasteiger partial charge >= 0.3 is 0 Å². The molecule has 0 radical (unpaired) electrons. The number of allylic oxidation sites excluding steroid dienone is 1. The van der Waals surface area contributed by atoms with Crippen LogP contribution in [0.4, 0.5) is 5.69 Å². The van der Waals surface area contributed by atoms with Crippen molar-refractivity contribution in [3.8, 4) is 16.9 Å². The molecule has 0 aliphatic carbocycles. The maximum absolute atomic E-state index is 10.6. The van der Waals surface area contributed by atoms with Crippen LogP contribution in [-0.4, -0.2) is 10.6 Å². The van der Waals surface area contributed by atoms with E-state index in [0.717, 1.165) is 33.5 Å². The van der Waals surface area contributed by atoms with Crippen LogP contribution < -0.4 is 10.1 Å². The second kappa shape index (κ2) is 4.76. The zero-order valence-electron chi connectivity index (χ0n) is 13.3. The molecule has 0 aromatic heterocycles. The summed E-state index contributed by atoms with van der Waals surface area (Å²) in [5.41, 5.74) is 5.73. The van der Waals surface area contributed by atoms with Crippen molar-refractivity contribution >= 4 is 22.9 Å². The summed E-state index contributed by atoms with van der Waals surface area (Å²) < 4.78 is 5.72. The highest BCUT2D eigenvalue weighted by molar-refractivity contribution is 6.31. The fraction of sp³-hybridized carbons (Fsp3) is 0.263. The van der Waals surface area contributed by atoms with Gasteiger partial charge in [-0.05, 0) is 56.2 Å². The van der Waals surface area contributed by atoms with E-state index in [1.807, 2.05) is 12.1 Å². The Morgan fingerprint density at radius 1 is 1.17 bits per heavy atom. The molecule has 2 aliphatic heterocycles. The normalized spacial score (nSPS) is 20.4. The summed E-state index contributed by atoms with van der Waals surface area (Å²) in [6.45, 7) is 6.32. The van der Waals surface area contributed by atoms with Gasteiger partial charge in [0.1, 0.15) is 5.75 Å². The molecule has 118 valence electrons. The Morgan fingerprint density at radius 2 is 1.96 bits per heavy atom. The summed E-state index contributed by atoms with van der Waals surface area (Å²) >= 11 is 6.15. The van der Waals surface area contributed by atoms with Crippen molar-refractivity contribution < 1.29 is 9.84 Å². The number of anilines is 1. The molecule has 2 N–H and O–H groups in total. The molecule has 2 aromatic rings. The predicted octanol–water partition coefficient (Wildman–Crippen LogP) is 5.00. The molecule has 0 saturated heterocycles. The molecular weight excluding hydrogens is 310 g/mol. The van der Waals surface area contributed by atoms with E-state index in [1.54, 1.807) is 12.1 Å². The summed E-state index contributed by atoms with van der Waals surface area (Å²) in [6, 6.07) is 9.54. The SMILES string of the molecule is CC1=CC(C)(C)Nc2ccc3c(c21)[C@H](O)Oc1ccc(Cl)cc1-3. The van der Waals surface area contributed by atoms with E-state index in [0.29, 0.717) is 10.8 Å². The second-order valence-corrected chi connectivity index (χ2v) is 7.17. The number of rotatable bonds is 0. The minimum atomic E-state index is -0.986. The average molecular weight is 328 g/mol. The van der Waals surface area contributed by atoms with Gasteiger partial charge in [-0.2, -0.15) is 0 Å². The van der Waals surface area contributed by atoms with Gasteiger partial charge in [-0.1, -0.05) is 23.7 Å². The lowest BCUT2D eigenvalue weighted by Gasteiger charge is -2.35. The molecular formula is C19H18ClNO2. The molecule has 2 aliphatic rings. The minimum absolute atomic E-state index is 0.118. The van der Waals surface area contributed by atoms with Gasteiger partial charge in [0.2, 0.25) is 6.29 Å². The van der Waals surface area contributed by atoms with Gasteiger partial charge in [-0.3, -0.25) is 0 Å². The summed E-state index contributed by atoms with van der Waals surface area (Å²) in [4.78, 5) is 0. The van der Waals surface area contributed by atoms with E-state index in [2.05, 4.69) is 38.2 Å². The predicted molar refractivity (Wildman–Crippen MR) is 93.8 cm³/mol. The third kappa shape index (κ3) is 2.23. The molecule has 2 aromatic carbocycles. The lowest BCUT2D eigenvalue weighted by atomic mass is 9.84. The average Bonchev–Trinajstić information content (AvgIpc) is 2.46. The standard InChI is InChI=1S/C19H18ClNO2/c1-10-9-19(2,3)21-14-6-5-12-13-8-11(20)4-7-15(13)23-18(22)17(12)16(10)14/h4-9,18,21-22H,1-3H3/t18-/m1/s1. The van der Waals surface area contributed by atoms with Crippen LogP contribution in [0.3, 0.4) is 0 Å². The Hall–Kier alpha value is -1.97. The van der Waals surface area contributed by atoms with Crippen LogP contribution in [0.25, 0.3) is 16.7 Å². The summed E-state index contributed by atoms with van der Waals surface area (Å²) in [5.74, 6) is 0.653. The van der Waals surface area contributed by atoms with Crippen molar-refractivity contribution in [1.29, 1.82) is 0 Å². The molecule has 0 unspecified atom stereocenters. The van der Waals surface area contributed by atoms with Crippen LogP contribution in [0.2, 0.25) is 5.02 Å². The highest BCUT2D eigenvalue weighted by Crippen LogP contribution is 2.48. The van der Waals surface area contributed by atoms with Gasteiger partial charge in [-0.25, -0.2) is 0 Å². The molecule has 0 spiro atoms. The number of aliphatic hydroxyl groups excluding tert-OH is 1. The number of fused-ring (bicyclic) bond motifs is 5. The van der Waals surface area contributed by atoms with Gasteiger partial charge in [0.05, 0.1) is 5.54 Å². The second-order valence-electron chi connectivity index (χ2n) is 6.73. The van der Waals surface area contributed by atoms with Crippen LogP contribution in [0.5, 0.6) is 5.75 Å². The fourth-order valence-corrected chi connectivity index (χ4v) is 3.80. The van der Waals surface area contributed by atoms with Crippen molar-refractivity contribution in [2.45, 2.75) is 32.6 Å². The molecule has 0 bridgehead atoms. The molecule has 1 atom stereocenters. The zero-order chi connectivity index (χ0) is 16.4. The molecule has 23 heavy (non-hydrogen) atoms. The summed E-state index contributed by atoms with van der Waals surface area (Å²) in [6.07, 6.45) is 1.19.